The molecular weight excluding hydrogens is 250 g/mol. The number of nitrogens with zero attached hydrogens (tertiary/aromatic N) is 1. The standard InChI is InChI=1S/C16H27N3O/c1-6-18-16(20)14-8-7-13(17)9-15(14)19(12(4)5)10-11(2)3/h7-9,11-12H,6,10,17H2,1-5H3,(H,18,20). The van der Waals surface area contributed by atoms with Gasteiger partial charge in [0.2, 0.25) is 0 Å². The minimum Gasteiger partial charge on any atom is -0.399 e. The predicted octanol–water partition coefficient (Wildman–Crippen LogP) is 2.89. The van der Waals surface area contributed by atoms with Gasteiger partial charge in [-0.25, -0.2) is 0 Å². The van der Waals surface area contributed by atoms with E-state index in [2.05, 4.69) is 37.9 Å². The van der Waals surface area contributed by atoms with Crippen LogP contribution in [0.2, 0.25) is 0 Å². The molecule has 112 valence electrons. The van der Waals surface area contributed by atoms with Gasteiger partial charge in [-0.05, 0) is 44.9 Å². The summed E-state index contributed by atoms with van der Waals surface area (Å²) in [6.07, 6.45) is 0. The van der Waals surface area contributed by atoms with E-state index in [1.165, 1.54) is 0 Å². The normalized spacial score (nSPS) is 10.9. The fourth-order valence-electron chi connectivity index (χ4n) is 2.21. The Morgan fingerprint density at radius 3 is 2.45 bits per heavy atom. The van der Waals surface area contributed by atoms with Crippen LogP contribution >= 0.6 is 0 Å². The molecule has 1 aromatic carbocycles. The number of nitrogens with one attached hydrogen (secondary N) is 1. The van der Waals surface area contributed by atoms with Gasteiger partial charge in [-0.3, -0.25) is 4.79 Å². The fraction of sp³-hybridized carbons (Fsp3) is 0.562. The molecule has 1 amide bonds. The Morgan fingerprint density at radius 1 is 1.30 bits per heavy atom. The van der Waals surface area contributed by atoms with Gasteiger partial charge in [0.25, 0.3) is 5.91 Å². The van der Waals surface area contributed by atoms with Crippen molar-refractivity contribution >= 4 is 17.3 Å². The highest BCUT2D eigenvalue weighted by atomic mass is 16.1. The van der Waals surface area contributed by atoms with Gasteiger partial charge in [0.05, 0.1) is 11.3 Å². The SMILES string of the molecule is CCNC(=O)c1ccc(N)cc1N(CC(C)C)C(C)C. The van der Waals surface area contributed by atoms with Gasteiger partial charge in [-0.1, -0.05) is 13.8 Å². The molecule has 0 aromatic heterocycles. The van der Waals surface area contributed by atoms with E-state index in [1.54, 1.807) is 6.07 Å². The monoisotopic (exact) mass is 277 g/mol. The summed E-state index contributed by atoms with van der Waals surface area (Å²) in [6, 6.07) is 5.80. The highest BCUT2D eigenvalue weighted by molar-refractivity contribution is 6.00. The number of nitrogen functional groups attached to an aromatic ring is 1. The van der Waals surface area contributed by atoms with Crippen LogP contribution in [0.1, 0.15) is 45.0 Å². The molecule has 0 spiro atoms. The maximum Gasteiger partial charge on any atom is 0.253 e. The van der Waals surface area contributed by atoms with Crippen molar-refractivity contribution in [3.05, 3.63) is 23.8 Å². The van der Waals surface area contributed by atoms with E-state index in [9.17, 15) is 4.79 Å². The molecule has 0 fully saturated rings. The van der Waals surface area contributed by atoms with Gasteiger partial charge in [-0.15, -0.1) is 0 Å². The Balaban J connectivity index is 3.23. The van der Waals surface area contributed by atoms with E-state index in [0.29, 0.717) is 29.8 Å². The van der Waals surface area contributed by atoms with Crippen LogP contribution in [0.5, 0.6) is 0 Å². The summed E-state index contributed by atoms with van der Waals surface area (Å²) in [4.78, 5) is 14.5. The Hall–Kier alpha value is -1.71. The molecule has 0 radical (unpaired) electrons. The molecule has 4 heteroatoms. The van der Waals surface area contributed by atoms with Crippen molar-refractivity contribution < 1.29 is 4.79 Å². The molecule has 0 heterocycles. The van der Waals surface area contributed by atoms with Crippen LogP contribution in [0, 0.1) is 5.92 Å². The van der Waals surface area contributed by atoms with Crippen molar-refractivity contribution in [2.75, 3.05) is 23.7 Å². The summed E-state index contributed by atoms with van der Waals surface area (Å²) in [6.45, 7) is 12.0. The van der Waals surface area contributed by atoms with E-state index in [4.69, 9.17) is 5.73 Å². The summed E-state index contributed by atoms with van der Waals surface area (Å²) >= 11 is 0. The lowest BCUT2D eigenvalue weighted by Gasteiger charge is -2.32. The maximum atomic E-state index is 12.2. The number of carbonyl (C=O) groups excluding carboxylic acids is 1. The van der Waals surface area contributed by atoms with Crippen molar-refractivity contribution in [1.29, 1.82) is 0 Å². The molecule has 0 aliphatic carbocycles. The zero-order valence-corrected chi connectivity index (χ0v) is 13.2. The molecule has 0 saturated carbocycles. The molecule has 20 heavy (non-hydrogen) atoms. The lowest BCUT2D eigenvalue weighted by atomic mass is 10.1. The van der Waals surface area contributed by atoms with Gasteiger partial charge in [-0.2, -0.15) is 0 Å². The number of hydrogen-bond acceptors (Lipinski definition) is 3. The first kappa shape index (κ1) is 16.3. The largest absolute Gasteiger partial charge is 0.399 e. The number of rotatable bonds is 6. The van der Waals surface area contributed by atoms with Crippen LogP contribution in [-0.2, 0) is 0 Å². The molecule has 0 bridgehead atoms. The van der Waals surface area contributed by atoms with E-state index in [0.717, 1.165) is 12.2 Å². The quantitative estimate of drug-likeness (QED) is 0.786. The van der Waals surface area contributed by atoms with Crippen molar-refractivity contribution in [3.63, 3.8) is 0 Å². The number of anilines is 2. The Labute approximate surface area is 122 Å². The third kappa shape index (κ3) is 4.15. The second-order valence-electron chi connectivity index (χ2n) is 5.78. The van der Waals surface area contributed by atoms with E-state index >= 15 is 0 Å². The molecule has 0 unspecified atom stereocenters. The topological polar surface area (TPSA) is 58.4 Å². The molecular formula is C16H27N3O. The molecule has 0 aliphatic heterocycles. The minimum absolute atomic E-state index is 0.0445. The van der Waals surface area contributed by atoms with Gasteiger partial charge in [0, 0.05) is 24.8 Å². The molecule has 3 N–H and O–H groups in total. The Morgan fingerprint density at radius 2 is 1.95 bits per heavy atom. The van der Waals surface area contributed by atoms with Gasteiger partial charge in [0.1, 0.15) is 0 Å². The Kier molecular flexibility index (Phi) is 5.86. The lowest BCUT2D eigenvalue weighted by molar-refractivity contribution is 0.0956. The molecule has 1 aromatic rings. The average Bonchev–Trinajstić information content (AvgIpc) is 2.35. The highest BCUT2D eigenvalue weighted by Crippen LogP contribution is 2.26. The zero-order valence-electron chi connectivity index (χ0n) is 13.2. The number of nitrogens with two attached hydrogens (primary N) is 1. The summed E-state index contributed by atoms with van der Waals surface area (Å²) in [7, 11) is 0. The van der Waals surface area contributed by atoms with Crippen LogP contribution in [0.3, 0.4) is 0 Å². The van der Waals surface area contributed by atoms with Gasteiger partial charge < -0.3 is 16.0 Å². The first-order valence-corrected chi connectivity index (χ1v) is 7.31. The van der Waals surface area contributed by atoms with Crippen molar-refractivity contribution in [2.45, 2.75) is 40.7 Å². The summed E-state index contributed by atoms with van der Waals surface area (Å²) in [5.41, 5.74) is 8.20. The third-order valence-electron chi connectivity index (χ3n) is 3.10. The first-order valence-electron chi connectivity index (χ1n) is 7.31. The summed E-state index contributed by atoms with van der Waals surface area (Å²) in [5.74, 6) is 0.470. The van der Waals surface area contributed by atoms with Gasteiger partial charge >= 0.3 is 0 Å². The predicted molar refractivity (Wildman–Crippen MR) is 86.2 cm³/mol. The minimum atomic E-state index is -0.0445. The number of carbonyl (C=O) groups is 1. The summed E-state index contributed by atoms with van der Waals surface area (Å²) < 4.78 is 0. The van der Waals surface area contributed by atoms with Crippen molar-refractivity contribution in [1.82, 2.24) is 5.32 Å². The molecule has 0 saturated heterocycles. The Bertz CT molecular complexity index is 455. The van der Waals surface area contributed by atoms with E-state index < -0.39 is 0 Å². The van der Waals surface area contributed by atoms with Crippen LogP contribution in [0.15, 0.2) is 18.2 Å². The highest BCUT2D eigenvalue weighted by Gasteiger charge is 2.19. The van der Waals surface area contributed by atoms with E-state index in [1.807, 2.05) is 19.1 Å². The molecule has 0 atom stereocenters. The lowest BCUT2D eigenvalue weighted by Crippen LogP contribution is -2.36. The van der Waals surface area contributed by atoms with Crippen molar-refractivity contribution in [3.8, 4) is 0 Å². The first-order chi connectivity index (χ1) is 9.36. The maximum absolute atomic E-state index is 12.2. The van der Waals surface area contributed by atoms with Crippen LogP contribution in [0.4, 0.5) is 11.4 Å². The van der Waals surface area contributed by atoms with Crippen LogP contribution in [0.25, 0.3) is 0 Å². The smallest absolute Gasteiger partial charge is 0.253 e. The molecule has 4 nitrogen and oxygen atoms in total. The number of benzene rings is 1. The molecule has 0 aliphatic rings. The number of hydrogen-bond donors (Lipinski definition) is 2. The number of amides is 1. The molecule has 1 rings (SSSR count). The second kappa shape index (κ2) is 7.17. The average molecular weight is 277 g/mol. The van der Waals surface area contributed by atoms with E-state index in [-0.39, 0.29) is 5.91 Å². The van der Waals surface area contributed by atoms with Crippen LogP contribution in [-0.4, -0.2) is 25.0 Å². The fourth-order valence-corrected chi connectivity index (χ4v) is 2.21. The van der Waals surface area contributed by atoms with Crippen molar-refractivity contribution in [2.24, 2.45) is 5.92 Å². The third-order valence-corrected chi connectivity index (χ3v) is 3.10. The van der Waals surface area contributed by atoms with Crippen LogP contribution < -0.4 is 16.0 Å². The zero-order chi connectivity index (χ0) is 15.3. The second-order valence-corrected chi connectivity index (χ2v) is 5.78. The summed E-state index contributed by atoms with van der Waals surface area (Å²) in [5, 5.41) is 2.86. The van der Waals surface area contributed by atoms with Gasteiger partial charge in [0.15, 0.2) is 0 Å².